The topological polar surface area (TPSA) is 102 Å². The van der Waals surface area contributed by atoms with Gasteiger partial charge in [0.05, 0.1) is 11.2 Å². The van der Waals surface area contributed by atoms with E-state index in [0.717, 1.165) is 10.1 Å². The van der Waals surface area contributed by atoms with E-state index >= 15 is 0 Å². The number of nitrogens with one attached hydrogen (secondary N) is 2. The number of aromatic amines is 1. The van der Waals surface area contributed by atoms with Crippen molar-refractivity contribution >= 4 is 33.4 Å². The molecule has 0 aliphatic rings. The van der Waals surface area contributed by atoms with Crippen LogP contribution in [0.25, 0.3) is 22.3 Å². The smallest absolute Gasteiger partial charge is 0.328 e. The van der Waals surface area contributed by atoms with Gasteiger partial charge in [0.25, 0.3) is 5.56 Å². The highest BCUT2D eigenvalue weighted by Gasteiger charge is 2.14. The molecule has 0 saturated carbocycles. The minimum atomic E-state index is -0.525. The first kappa shape index (κ1) is 18.8. The third-order valence-corrected chi connectivity index (χ3v) is 5.24. The Morgan fingerprint density at radius 1 is 1.31 bits per heavy atom. The highest BCUT2D eigenvalue weighted by Crippen LogP contribution is 2.27. The molecule has 3 heterocycles. The van der Waals surface area contributed by atoms with E-state index in [2.05, 4.69) is 15.3 Å². The molecule has 2 N–H and O–H groups in total. The molecule has 1 amide bonds. The second-order valence-corrected chi connectivity index (χ2v) is 7.43. The van der Waals surface area contributed by atoms with Crippen molar-refractivity contribution in [1.29, 1.82) is 0 Å². The maximum Gasteiger partial charge on any atom is 0.328 e. The first-order valence-electron chi connectivity index (χ1n) is 8.63. The molecule has 10 heteroatoms. The van der Waals surface area contributed by atoms with Gasteiger partial charge in [0.2, 0.25) is 5.91 Å². The Bertz CT molecular complexity index is 1360. The van der Waals surface area contributed by atoms with Crippen molar-refractivity contribution in [2.45, 2.75) is 13.5 Å². The van der Waals surface area contributed by atoms with Crippen molar-refractivity contribution < 1.29 is 9.18 Å². The van der Waals surface area contributed by atoms with Crippen LogP contribution in [0.4, 0.5) is 9.52 Å². The SMILES string of the molecule is Cc1ccc(-c2csc(NC(=O)Cn3ccc4[nH]c(=O)n(C)c(=O)c43)n2)c(F)c1. The third kappa shape index (κ3) is 3.49. The molecule has 29 heavy (non-hydrogen) atoms. The van der Waals surface area contributed by atoms with E-state index < -0.39 is 17.2 Å². The molecular weight excluding hydrogens is 397 g/mol. The molecule has 8 nitrogen and oxygen atoms in total. The van der Waals surface area contributed by atoms with Gasteiger partial charge < -0.3 is 14.9 Å². The summed E-state index contributed by atoms with van der Waals surface area (Å²) in [6, 6.07) is 6.42. The highest BCUT2D eigenvalue weighted by atomic mass is 32.1. The lowest BCUT2D eigenvalue weighted by Gasteiger charge is -2.05. The number of aryl methyl sites for hydroxylation is 1. The van der Waals surface area contributed by atoms with Gasteiger partial charge >= 0.3 is 5.69 Å². The number of amides is 1. The van der Waals surface area contributed by atoms with Crippen LogP contribution in [-0.2, 0) is 18.4 Å². The number of halogens is 1. The van der Waals surface area contributed by atoms with E-state index in [9.17, 15) is 18.8 Å². The summed E-state index contributed by atoms with van der Waals surface area (Å²) < 4.78 is 16.5. The number of thiazole rings is 1. The van der Waals surface area contributed by atoms with Crippen LogP contribution in [0.15, 0.2) is 45.4 Å². The molecule has 0 saturated heterocycles. The third-order valence-electron chi connectivity index (χ3n) is 4.48. The van der Waals surface area contributed by atoms with Gasteiger partial charge in [-0.05, 0) is 30.7 Å². The number of aromatic nitrogens is 4. The van der Waals surface area contributed by atoms with E-state index in [1.54, 1.807) is 36.7 Å². The summed E-state index contributed by atoms with van der Waals surface area (Å²) >= 11 is 1.18. The molecular formula is C19H16FN5O3S. The molecule has 4 rings (SSSR count). The minimum absolute atomic E-state index is 0.140. The Balaban J connectivity index is 1.55. The molecule has 3 aromatic heterocycles. The first-order chi connectivity index (χ1) is 13.8. The minimum Gasteiger partial charge on any atom is -0.332 e. The van der Waals surface area contributed by atoms with Crippen LogP contribution >= 0.6 is 11.3 Å². The van der Waals surface area contributed by atoms with Crippen molar-refractivity contribution in [2.75, 3.05) is 5.32 Å². The molecule has 0 aliphatic carbocycles. The number of nitrogens with zero attached hydrogens (tertiary/aromatic N) is 3. The summed E-state index contributed by atoms with van der Waals surface area (Å²) in [6.45, 7) is 1.66. The van der Waals surface area contributed by atoms with Gasteiger partial charge in [0, 0.05) is 24.2 Å². The van der Waals surface area contributed by atoms with Crippen molar-refractivity contribution in [3.8, 4) is 11.3 Å². The molecule has 4 aromatic rings. The summed E-state index contributed by atoms with van der Waals surface area (Å²) in [5, 5.41) is 4.64. The van der Waals surface area contributed by atoms with Gasteiger partial charge in [-0.15, -0.1) is 11.3 Å². The lowest BCUT2D eigenvalue weighted by atomic mass is 10.1. The Morgan fingerprint density at radius 2 is 2.10 bits per heavy atom. The van der Waals surface area contributed by atoms with Gasteiger partial charge in [0.15, 0.2) is 5.13 Å². The van der Waals surface area contributed by atoms with E-state index in [1.165, 1.54) is 29.0 Å². The van der Waals surface area contributed by atoms with Crippen LogP contribution < -0.4 is 16.6 Å². The normalized spacial score (nSPS) is 11.1. The van der Waals surface area contributed by atoms with Crippen molar-refractivity contribution in [1.82, 2.24) is 19.1 Å². The average molecular weight is 413 g/mol. The van der Waals surface area contributed by atoms with Crippen LogP contribution in [0.3, 0.4) is 0 Å². The molecule has 0 unspecified atom stereocenters. The maximum absolute atomic E-state index is 14.1. The second-order valence-electron chi connectivity index (χ2n) is 6.57. The zero-order valence-electron chi connectivity index (χ0n) is 15.5. The van der Waals surface area contributed by atoms with Gasteiger partial charge in [-0.1, -0.05) is 6.07 Å². The molecule has 0 atom stereocenters. The van der Waals surface area contributed by atoms with Gasteiger partial charge in [-0.3, -0.25) is 14.2 Å². The van der Waals surface area contributed by atoms with Crippen LogP contribution in [0.2, 0.25) is 0 Å². The number of hydrogen-bond acceptors (Lipinski definition) is 5. The molecule has 0 radical (unpaired) electrons. The fourth-order valence-corrected chi connectivity index (χ4v) is 3.72. The van der Waals surface area contributed by atoms with E-state index in [1.807, 2.05) is 0 Å². The van der Waals surface area contributed by atoms with E-state index in [4.69, 9.17) is 0 Å². The number of carbonyl (C=O) groups is 1. The Kier molecular flexibility index (Phi) is 4.63. The highest BCUT2D eigenvalue weighted by molar-refractivity contribution is 7.14. The van der Waals surface area contributed by atoms with Crippen molar-refractivity contribution in [3.05, 3.63) is 68.1 Å². The summed E-state index contributed by atoms with van der Waals surface area (Å²) in [6.07, 6.45) is 1.55. The van der Waals surface area contributed by atoms with Crippen LogP contribution in [0.5, 0.6) is 0 Å². The predicted molar refractivity (Wildman–Crippen MR) is 109 cm³/mol. The Morgan fingerprint density at radius 3 is 2.86 bits per heavy atom. The number of benzene rings is 1. The van der Waals surface area contributed by atoms with Crippen molar-refractivity contribution in [2.24, 2.45) is 7.05 Å². The standard InChI is InChI=1S/C19H16FN5O3S/c1-10-3-4-11(12(20)7-10)14-9-29-18(21-14)23-15(26)8-25-6-5-13-16(25)17(27)24(2)19(28)22-13/h3-7,9H,8H2,1-2H3,(H,22,28)(H,21,23,26). The average Bonchev–Trinajstić information content (AvgIpc) is 3.27. The van der Waals surface area contributed by atoms with E-state index in [0.29, 0.717) is 21.9 Å². The van der Waals surface area contributed by atoms with Crippen LogP contribution in [0, 0.1) is 12.7 Å². The van der Waals surface area contributed by atoms with Gasteiger partial charge in [-0.25, -0.2) is 14.2 Å². The quantitative estimate of drug-likeness (QED) is 0.536. The largest absolute Gasteiger partial charge is 0.332 e. The van der Waals surface area contributed by atoms with Crippen LogP contribution in [0.1, 0.15) is 5.56 Å². The van der Waals surface area contributed by atoms with Crippen molar-refractivity contribution in [3.63, 3.8) is 0 Å². The number of H-pyrrole nitrogens is 1. The molecule has 0 bridgehead atoms. The maximum atomic E-state index is 14.1. The molecule has 0 fully saturated rings. The summed E-state index contributed by atoms with van der Waals surface area (Å²) in [5.74, 6) is -0.780. The first-order valence-corrected chi connectivity index (χ1v) is 9.51. The predicted octanol–water partition coefficient (Wildman–Crippen LogP) is 2.24. The lowest BCUT2D eigenvalue weighted by Crippen LogP contribution is -2.33. The lowest BCUT2D eigenvalue weighted by molar-refractivity contribution is -0.116. The summed E-state index contributed by atoms with van der Waals surface area (Å²) in [4.78, 5) is 43.3. The zero-order valence-corrected chi connectivity index (χ0v) is 16.3. The summed E-state index contributed by atoms with van der Waals surface area (Å²) in [5.41, 5.74) is 1.16. The number of hydrogen-bond donors (Lipinski definition) is 2. The fourth-order valence-electron chi connectivity index (χ4n) is 2.99. The Hall–Kier alpha value is -3.53. The monoisotopic (exact) mass is 413 g/mol. The summed E-state index contributed by atoms with van der Waals surface area (Å²) in [7, 11) is 1.36. The van der Waals surface area contributed by atoms with Gasteiger partial charge in [0.1, 0.15) is 17.9 Å². The number of fused-ring (bicyclic) bond motifs is 1. The number of carbonyl (C=O) groups excluding carboxylic acids is 1. The fraction of sp³-hybridized carbons (Fsp3) is 0.158. The molecule has 148 valence electrons. The Labute approximate surface area is 167 Å². The molecule has 1 aromatic carbocycles. The second kappa shape index (κ2) is 7.13. The van der Waals surface area contributed by atoms with Gasteiger partial charge in [-0.2, -0.15) is 0 Å². The molecule has 0 spiro atoms. The van der Waals surface area contributed by atoms with E-state index in [-0.39, 0.29) is 17.9 Å². The zero-order chi connectivity index (χ0) is 20.7. The van der Waals surface area contributed by atoms with Crippen LogP contribution in [-0.4, -0.2) is 25.0 Å². The molecule has 0 aliphatic heterocycles. The number of anilines is 1. The number of rotatable bonds is 4.